The Kier molecular flexibility index (Phi) is 4.17. The molecule has 2 aromatic carbocycles. The fourth-order valence-electron chi connectivity index (χ4n) is 2.14. The third kappa shape index (κ3) is 3.06. The maximum absolute atomic E-state index is 12.6. The number of carbonyl (C=O) groups is 1. The van der Waals surface area contributed by atoms with Crippen LogP contribution in [0.4, 0.5) is 0 Å². The van der Waals surface area contributed by atoms with Gasteiger partial charge in [-0.2, -0.15) is 0 Å². The Bertz CT molecular complexity index is 700. The molecule has 0 N–H and O–H groups in total. The fourth-order valence-corrected chi connectivity index (χ4v) is 2.78. The summed E-state index contributed by atoms with van der Waals surface area (Å²) >= 11 is 9.59. The second kappa shape index (κ2) is 6.08. The van der Waals surface area contributed by atoms with Crippen LogP contribution in [-0.2, 0) is 0 Å². The lowest BCUT2D eigenvalue weighted by atomic mass is 10.0. The quantitative estimate of drug-likeness (QED) is 0.733. The van der Waals surface area contributed by atoms with Gasteiger partial charge in [0.05, 0.1) is 18.2 Å². The van der Waals surface area contributed by atoms with E-state index in [1.165, 1.54) is 0 Å². The summed E-state index contributed by atoms with van der Waals surface area (Å²) in [5.74, 6) is 1.01. The highest BCUT2D eigenvalue weighted by molar-refractivity contribution is 9.10. The Labute approximate surface area is 136 Å². The summed E-state index contributed by atoms with van der Waals surface area (Å²) in [7, 11) is 0. The summed E-state index contributed by atoms with van der Waals surface area (Å²) in [5.41, 5.74) is 0.986. The molecule has 0 fully saturated rings. The highest BCUT2D eigenvalue weighted by atomic mass is 79.9. The largest absolute Gasteiger partial charge is 0.490 e. The zero-order valence-electron chi connectivity index (χ0n) is 11.1. The molecule has 0 aromatic heterocycles. The van der Waals surface area contributed by atoms with Crippen LogP contribution in [0.5, 0.6) is 11.5 Å². The molecule has 21 heavy (non-hydrogen) atoms. The average Bonchev–Trinajstić information content (AvgIpc) is 2.70. The van der Waals surface area contributed by atoms with Gasteiger partial charge in [0, 0.05) is 28.1 Å². The van der Waals surface area contributed by atoms with Crippen LogP contribution >= 0.6 is 27.5 Å². The maximum Gasteiger partial charge on any atom is 0.194 e. The van der Waals surface area contributed by atoms with Crippen molar-refractivity contribution in [3.05, 3.63) is 57.0 Å². The summed E-state index contributed by atoms with van der Waals surface area (Å²) in [6, 6.07) is 10.5. The first-order valence-electron chi connectivity index (χ1n) is 6.54. The molecule has 2 aromatic rings. The third-order valence-electron chi connectivity index (χ3n) is 3.17. The van der Waals surface area contributed by atoms with Crippen molar-refractivity contribution in [2.24, 2.45) is 0 Å². The van der Waals surface area contributed by atoms with Crippen LogP contribution < -0.4 is 9.47 Å². The molecule has 3 nitrogen and oxygen atoms in total. The van der Waals surface area contributed by atoms with E-state index >= 15 is 0 Å². The molecule has 0 amide bonds. The zero-order chi connectivity index (χ0) is 14.8. The van der Waals surface area contributed by atoms with Crippen molar-refractivity contribution in [2.45, 2.75) is 6.42 Å². The lowest BCUT2D eigenvalue weighted by molar-refractivity contribution is 0.103. The highest BCUT2D eigenvalue weighted by Gasteiger charge is 2.19. The molecule has 0 unspecified atom stereocenters. The van der Waals surface area contributed by atoms with Crippen molar-refractivity contribution in [3.63, 3.8) is 0 Å². The Hall–Kier alpha value is -1.52. The molecule has 3 rings (SSSR count). The number of rotatable bonds is 2. The van der Waals surface area contributed by atoms with Gasteiger partial charge in [-0.1, -0.05) is 39.7 Å². The van der Waals surface area contributed by atoms with Crippen molar-refractivity contribution in [1.82, 2.24) is 0 Å². The van der Waals surface area contributed by atoms with Crippen LogP contribution in [0.2, 0.25) is 5.02 Å². The summed E-state index contributed by atoms with van der Waals surface area (Å²) in [5, 5.41) is 0.365. The fraction of sp³-hybridized carbons (Fsp3) is 0.188. The highest BCUT2D eigenvalue weighted by Crippen LogP contribution is 2.36. The van der Waals surface area contributed by atoms with Gasteiger partial charge in [0.25, 0.3) is 0 Å². The van der Waals surface area contributed by atoms with Gasteiger partial charge in [0.1, 0.15) is 0 Å². The van der Waals surface area contributed by atoms with Gasteiger partial charge >= 0.3 is 0 Å². The van der Waals surface area contributed by atoms with E-state index in [1.54, 1.807) is 24.3 Å². The maximum atomic E-state index is 12.6. The Balaban J connectivity index is 2.02. The van der Waals surface area contributed by atoms with Gasteiger partial charge in [-0.15, -0.1) is 0 Å². The molecule has 0 atom stereocenters. The minimum absolute atomic E-state index is 0.142. The van der Waals surface area contributed by atoms with Crippen LogP contribution in [0.1, 0.15) is 22.3 Å². The molecule has 0 bridgehead atoms. The number of hydrogen-bond donors (Lipinski definition) is 0. The van der Waals surface area contributed by atoms with Crippen LogP contribution in [0.3, 0.4) is 0 Å². The molecule has 0 saturated carbocycles. The molecular formula is C16H12BrClO3. The third-order valence-corrected chi connectivity index (χ3v) is 3.97. The number of halogens is 2. The van der Waals surface area contributed by atoms with E-state index in [0.29, 0.717) is 40.9 Å². The van der Waals surface area contributed by atoms with E-state index in [2.05, 4.69) is 15.9 Å². The number of ether oxygens (including phenoxy) is 2. The van der Waals surface area contributed by atoms with Gasteiger partial charge < -0.3 is 9.47 Å². The van der Waals surface area contributed by atoms with E-state index < -0.39 is 0 Å². The normalized spacial score (nSPS) is 13.6. The van der Waals surface area contributed by atoms with Crippen LogP contribution in [0, 0.1) is 0 Å². The summed E-state index contributed by atoms with van der Waals surface area (Å²) in [4.78, 5) is 12.6. The molecule has 0 spiro atoms. The first-order valence-corrected chi connectivity index (χ1v) is 7.71. The molecule has 0 aliphatic carbocycles. The summed E-state index contributed by atoms with van der Waals surface area (Å²) < 4.78 is 12.0. The summed E-state index contributed by atoms with van der Waals surface area (Å²) in [6.07, 6.45) is 0.807. The van der Waals surface area contributed by atoms with Crippen LogP contribution in [-0.4, -0.2) is 19.0 Å². The van der Waals surface area contributed by atoms with Crippen molar-refractivity contribution >= 4 is 33.3 Å². The monoisotopic (exact) mass is 366 g/mol. The molecular weight excluding hydrogens is 356 g/mol. The molecule has 108 valence electrons. The first kappa shape index (κ1) is 14.4. The SMILES string of the molecule is O=C(c1cccc(Br)c1)c1cc2c(cc1Cl)OCCCO2. The predicted molar refractivity (Wildman–Crippen MR) is 84.6 cm³/mol. The average molecular weight is 368 g/mol. The van der Waals surface area contributed by atoms with Crippen LogP contribution in [0.25, 0.3) is 0 Å². The number of benzene rings is 2. The zero-order valence-corrected chi connectivity index (χ0v) is 13.4. The van der Waals surface area contributed by atoms with Gasteiger partial charge in [-0.25, -0.2) is 0 Å². The Morgan fingerprint density at radius 3 is 2.52 bits per heavy atom. The number of hydrogen-bond acceptors (Lipinski definition) is 3. The first-order chi connectivity index (χ1) is 10.1. The van der Waals surface area contributed by atoms with Crippen LogP contribution in [0.15, 0.2) is 40.9 Å². The Morgan fingerprint density at radius 1 is 1.10 bits per heavy atom. The van der Waals surface area contributed by atoms with E-state index in [9.17, 15) is 4.79 Å². The lowest BCUT2D eigenvalue weighted by Crippen LogP contribution is -2.03. The van der Waals surface area contributed by atoms with Crippen molar-refractivity contribution in [2.75, 3.05) is 13.2 Å². The topological polar surface area (TPSA) is 35.5 Å². The molecule has 0 radical (unpaired) electrons. The molecule has 0 saturated heterocycles. The number of fused-ring (bicyclic) bond motifs is 1. The smallest absolute Gasteiger partial charge is 0.194 e. The lowest BCUT2D eigenvalue weighted by Gasteiger charge is -2.11. The molecule has 1 aliphatic heterocycles. The van der Waals surface area contributed by atoms with Crippen molar-refractivity contribution in [1.29, 1.82) is 0 Å². The standard InChI is InChI=1S/C16H12BrClO3/c17-11-4-1-3-10(7-11)16(19)12-8-14-15(9-13(12)18)21-6-2-5-20-14/h1,3-4,7-9H,2,5-6H2. The van der Waals surface area contributed by atoms with E-state index in [1.807, 2.05) is 12.1 Å². The van der Waals surface area contributed by atoms with Gasteiger partial charge in [0.15, 0.2) is 17.3 Å². The minimum Gasteiger partial charge on any atom is -0.490 e. The molecule has 1 aliphatic rings. The number of carbonyl (C=O) groups excluding carboxylic acids is 1. The van der Waals surface area contributed by atoms with E-state index in [0.717, 1.165) is 10.9 Å². The number of ketones is 1. The molecule has 5 heteroatoms. The van der Waals surface area contributed by atoms with E-state index in [-0.39, 0.29) is 5.78 Å². The van der Waals surface area contributed by atoms with Gasteiger partial charge in [-0.05, 0) is 18.2 Å². The second-order valence-electron chi connectivity index (χ2n) is 4.67. The summed E-state index contributed by atoms with van der Waals surface area (Å²) in [6.45, 7) is 1.15. The van der Waals surface area contributed by atoms with Gasteiger partial charge in [0.2, 0.25) is 0 Å². The van der Waals surface area contributed by atoms with Crippen molar-refractivity contribution in [3.8, 4) is 11.5 Å². The minimum atomic E-state index is -0.142. The van der Waals surface area contributed by atoms with Crippen molar-refractivity contribution < 1.29 is 14.3 Å². The van der Waals surface area contributed by atoms with Gasteiger partial charge in [-0.3, -0.25) is 4.79 Å². The predicted octanol–water partition coefficient (Wildman–Crippen LogP) is 4.49. The molecule has 1 heterocycles. The Morgan fingerprint density at radius 2 is 1.81 bits per heavy atom. The second-order valence-corrected chi connectivity index (χ2v) is 5.99. The van der Waals surface area contributed by atoms with E-state index in [4.69, 9.17) is 21.1 Å².